The van der Waals surface area contributed by atoms with Crippen LogP contribution in [0.3, 0.4) is 0 Å². The van der Waals surface area contributed by atoms with Crippen LogP contribution in [0.5, 0.6) is 5.75 Å². The summed E-state index contributed by atoms with van der Waals surface area (Å²) < 4.78 is 5.88. The lowest BCUT2D eigenvalue weighted by atomic mass is 10.0. The van der Waals surface area contributed by atoms with Crippen molar-refractivity contribution in [1.82, 2.24) is 14.9 Å². The molecule has 0 aliphatic heterocycles. The first-order chi connectivity index (χ1) is 16.1. The van der Waals surface area contributed by atoms with Gasteiger partial charge in [-0.05, 0) is 87.0 Å². The summed E-state index contributed by atoms with van der Waals surface area (Å²) in [5.41, 5.74) is 5.45. The molecule has 2 aromatic carbocycles. The van der Waals surface area contributed by atoms with Crippen molar-refractivity contribution in [3.8, 4) is 16.9 Å². The third-order valence-corrected chi connectivity index (χ3v) is 5.95. The van der Waals surface area contributed by atoms with Gasteiger partial charge in [0, 0.05) is 22.8 Å². The first kappa shape index (κ1) is 23.1. The van der Waals surface area contributed by atoms with Gasteiger partial charge >= 0.3 is 0 Å². The average molecular weight is 442 g/mol. The SMILES string of the molecule is CCCCCC=Cc1ccc2c(n1)[nH]c1ccc(-c3ccc(OCCCN(C)C)cc3)cc12. The van der Waals surface area contributed by atoms with E-state index in [1.54, 1.807) is 0 Å². The highest BCUT2D eigenvalue weighted by molar-refractivity contribution is 6.07. The molecule has 0 atom stereocenters. The van der Waals surface area contributed by atoms with Gasteiger partial charge in [-0.1, -0.05) is 44.0 Å². The molecule has 0 radical (unpaired) electrons. The molecule has 0 spiro atoms. The zero-order chi connectivity index (χ0) is 23.0. The van der Waals surface area contributed by atoms with Gasteiger partial charge in [-0.15, -0.1) is 0 Å². The number of aromatic amines is 1. The van der Waals surface area contributed by atoms with E-state index < -0.39 is 0 Å². The molecule has 0 fully saturated rings. The highest BCUT2D eigenvalue weighted by Crippen LogP contribution is 2.30. The fraction of sp³-hybridized carbons (Fsp3) is 0.345. The largest absolute Gasteiger partial charge is 0.494 e. The summed E-state index contributed by atoms with van der Waals surface area (Å²) in [5.74, 6) is 0.921. The van der Waals surface area contributed by atoms with Crippen LogP contribution in [0, 0.1) is 0 Å². The number of benzene rings is 2. The third kappa shape index (κ3) is 6.02. The summed E-state index contributed by atoms with van der Waals surface area (Å²) in [5, 5.41) is 2.37. The number of hydrogen-bond acceptors (Lipinski definition) is 3. The van der Waals surface area contributed by atoms with Gasteiger partial charge in [-0.2, -0.15) is 0 Å². The first-order valence-electron chi connectivity index (χ1n) is 12.1. The van der Waals surface area contributed by atoms with Crippen LogP contribution in [0.1, 0.15) is 44.7 Å². The summed E-state index contributed by atoms with van der Waals surface area (Å²) in [6, 6.07) is 19.3. The fourth-order valence-electron chi connectivity index (χ4n) is 4.09. The van der Waals surface area contributed by atoms with Crippen LogP contribution in [-0.4, -0.2) is 42.1 Å². The van der Waals surface area contributed by atoms with E-state index in [2.05, 4.69) is 97.7 Å². The van der Waals surface area contributed by atoms with Gasteiger partial charge in [0.1, 0.15) is 11.4 Å². The number of allylic oxidation sites excluding steroid dienone is 1. The number of nitrogens with zero attached hydrogens (tertiary/aromatic N) is 2. The van der Waals surface area contributed by atoms with Crippen molar-refractivity contribution in [2.45, 2.75) is 39.0 Å². The molecule has 0 saturated heterocycles. The van der Waals surface area contributed by atoms with Crippen molar-refractivity contribution in [3.63, 3.8) is 0 Å². The van der Waals surface area contributed by atoms with E-state index in [1.165, 1.54) is 35.8 Å². The third-order valence-electron chi connectivity index (χ3n) is 5.95. The molecule has 1 N–H and O–H groups in total. The smallest absolute Gasteiger partial charge is 0.139 e. The number of rotatable bonds is 11. The Balaban J connectivity index is 1.48. The zero-order valence-corrected chi connectivity index (χ0v) is 20.1. The van der Waals surface area contributed by atoms with E-state index in [1.807, 2.05) is 0 Å². The normalized spacial score (nSPS) is 11.9. The Bertz CT molecular complexity index is 1200. The van der Waals surface area contributed by atoms with Crippen molar-refractivity contribution in [2.24, 2.45) is 0 Å². The van der Waals surface area contributed by atoms with Crippen molar-refractivity contribution in [1.29, 1.82) is 0 Å². The minimum absolute atomic E-state index is 0.738. The van der Waals surface area contributed by atoms with Gasteiger partial charge in [-0.25, -0.2) is 4.98 Å². The summed E-state index contributed by atoms with van der Waals surface area (Å²) >= 11 is 0. The van der Waals surface area contributed by atoms with E-state index in [0.29, 0.717) is 0 Å². The molecule has 172 valence electrons. The van der Waals surface area contributed by atoms with E-state index in [0.717, 1.165) is 54.0 Å². The molecule has 0 amide bonds. The van der Waals surface area contributed by atoms with Gasteiger partial charge in [0.25, 0.3) is 0 Å². The molecule has 4 heteroatoms. The monoisotopic (exact) mass is 441 g/mol. The standard InChI is InChI=1S/C29H35N3O/c1-4-5-6-7-8-10-24-14-17-26-27-21-23(13-18-28(27)31-29(26)30-24)22-11-15-25(16-12-22)33-20-9-19-32(2)3/h8,10-18,21H,4-7,9,19-20H2,1-3H3,(H,30,31). The topological polar surface area (TPSA) is 41.1 Å². The van der Waals surface area contributed by atoms with Crippen molar-refractivity contribution < 1.29 is 4.74 Å². The highest BCUT2D eigenvalue weighted by atomic mass is 16.5. The summed E-state index contributed by atoms with van der Waals surface area (Å²) in [6.45, 7) is 4.01. The van der Waals surface area contributed by atoms with Crippen molar-refractivity contribution in [2.75, 3.05) is 27.2 Å². The van der Waals surface area contributed by atoms with Crippen LogP contribution in [0.2, 0.25) is 0 Å². The number of ether oxygens (including phenoxy) is 1. The lowest BCUT2D eigenvalue weighted by molar-refractivity contribution is 0.281. The molecular weight excluding hydrogens is 406 g/mol. The van der Waals surface area contributed by atoms with Gasteiger partial charge < -0.3 is 14.6 Å². The minimum Gasteiger partial charge on any atom is -0.494 e. The molecule has 4 rings (SSSR count). The van der Waals surface area contributed by atoms with Crippen molar-refractivity contribution >= 4 is 28.0 Å². The number of H-pyrrole nitrogens is 1. The van der Waals surface area contributed by atoms with Crippen LogP contribution >= 0.6 is 0 Å². The molecule has 2 heterocycles. The Morgan fingerprint density at radius 2 is 1.73 bits per heavy atom. The zero-order valence-electron chi connectivity index (χ0n) is 20.1. The van der Waals surface area contributed by atoms with E-state index in [9.17, 15) is 0 Å². The molecule has 4 nitrogen and oxygen atoms in total. The first-order valence-corrected chi connectivity index (χ1v) is 12.1. The van der Waals surface area contributed by atoms with E-state index >= 15 is 0 Å². The van der Waals surface area contributed by atoms with Crippen molar-refractivity contribution in [3.05, 3.63) is 66.4 Å². The maximum absolute atomic E-state index is 5.88. The predicted molar refractivity (Wildman–Crippen MR) is 141 cm³/mol. The van der Waals surface area contributed by atoms with E-state index in [-0.39, 0.29) is 0 Å². The van der Waals surface area contributed by atoms with Crippen LogP contribution in [0.25, 0.3) is 39.1 Å². The molecule has 0 aliphatic carbocycles. The lowest BCUT2D eigenvalue weighted by Gasteiger charge is -2.11. The quantitative estimate of drug-likeness (QED) is 0.248. The number of aromatic nitrogens is 2. The number of hydrogen-bond donors (Lipinski definition) is 1. The Morgan fingerprint density at radius 3 is 2.52 bits per heavy atom. The Hall–Kier alpha value is -3.11. The molecule has 0 bridgehead atoms. The maximum atomic E-state index is 5.88. The number of pyridine rings is 1. The summed E-state index contributed by atoms with van der Waals surface area (Å²) in [7, 11) is 4.17. The van der Waals surface area contributed by atoms with Crippen LogP contribution < -0.4 is 4.74 Å². The van der Waals surface area contributed by atoms with Crippen LogP contribution in [0.15, 0.2) is 60.7 Å². The molecule has 2 aromatic heterocycles. The lowest BCUT2D eigenvalue weighted by Crippen LogP contribution is -2.15. The predicted octanol–water partition coefficient (Wildman–Crippen LogP) is 7.31. The molecule has 0 unspecified atom stereocenters. The second kappa shape index (κ2) is 11.2. The maximum Gasteiger partial charge on any atom is 0.139 e. The Kier molecular flexibility index (Phi) is 7.79. The highest BCUT2D eigenvalue weighted by Gasteiger charge is 2.08. The molecule has 0 saturated carbocycles. The minimum atomic E-state index is 0.738. The van der Waals surface area contributed by atoms with Gasteiger partial charge in [0.15, 0.2) is 0 Å². The average Bonchev–Trinajstić information content (AvgIpc) is 3.19. The second-order valence-electron chi connectivity index (χ2n) is 8.95. The van der Waals surface area contributed by atoms with Crippen LogP contribution in [-0.2, 0) is 0 Å². The summed E-state index contributed by atoms with van der Waals surface area (Å²) in [4.78, 5) is 10.5. The molecule has 0 aliphatic rings. The Labute approximate surface area is 197 Å². The second-order valence-corrected chi connectivity index (χ2v) is 8.95. The van der Waals surface area contributed by atoms with Crippen LogP contribution in [0.4, 0.5) is 0 Å². The van der Waals surface area contributed by atoms with E-state index in [4.69, 9.17) is 9.72 Å². The molecule has 4 aromatic rings. The fourth-order valence-corrected chi connectivity index (χ4v) is 4.09. The molecule has 33 heavy (non-hydrogen) atoms. The number of unbranched alkanes of at least 4 members (excludes halogenated alkanes) is 3. The summed E-state index contributed by atoms with van der Waals surface area (Å²) in [6.07, 6.45) is 10.3. The van der Waals surface area contributed by atoms with Gasteiger partial charge in [0.05, 0.1) is 12.3 Å². The Morgan fingerprint density at radius 1 is 0.909 bits per heavy atom. The number of nitrogens with one attached hydrogen (secondary N) is 1. The molecular formula is C29H35N3O. The number of fused-ring (bicyclic) bond motifs is 3. The van der Waals surface area contributed by atoms with Gasteiger partial charge in [-0.3, -0.25) is 0 Å². The van der Waals surface area contributed by atoms with Gasteiger partial charge in [0.2, 0.25) is 0 Å².